The summed E-state index contributed by atoms with van der Waals surface area (Å²) >= 11 is 0. The predicted octanol–water partition coefficient (Wildman–Crippen LogP) is 2.47. The second-order valence-corrected chi connectivity index (χ2v) is 3.17. The third-order valence-electron chi connectivity index (χ3n) is 2.14. The molecule has 0 aliphatic heterocycles. The molecule has 0 aliphatic rings. The lowest BCUT2D eigenvalue weighted by Crippen LogP contribution is -1.87. The highest BCUT2D eigenvalue weighted by Gasteiger charge is 2.16. The second kappa shape index (κ2) is 4.29. The first kappa shape index (κ1) is 9.95. The summed E-state index contributed by atoms with van der Waals surface area (Å²) in [6.45, 7) is 0. The van der Waals surface area contributed by atoms with Gasteiger partial charge in [0, 0.05) is 11.6 Å². The van der Waals surface area contributed by atoms with E-state index < -0.39 is 5.92 Å². The van der Waals surface area contributed by atoms with Crippen molar-refractivity contribution in [2.45, 2.75) is 5.92 Å². The Morgan fingerprint density at radius 2 is 1.81 bits per heavy atom. The van der Waals surface area contributed by atoms with Crippen LogP contribution in [0.4, 0.5) is 0 Å². The Morgan fingerprint density at radius 3 is 2.44 bits per heavy atom. The van der Waals surface area contributed by atoms with Crippen molar-refractivity contribution < 1.29 is 4.52 Å². The van der Waals surface area contributed by atoms with E-state index in [9.17, 15) is 0 Å². The quantitative estimate of drug-likeness (QED) is 0.761. The molecule has 0 amide bonds. The Balaban J connectivity index is 2.35. The van der Waals surface area contributed by atoms with Crippen molar-refractivity contribution in [3.8, 4) is 23.4 Å². The van der Waals surface area contributed by atoms with Gasteiger partial charge in [0.2, 0.25) is 0 Å². The van der Waals surface area contributed by atoms with E-state index in [0.29, 0.717) is 5.69 Å². The number of nitriles is 2. The van der Waals surface area contributed by atoms with Gasteiger partial charge in [-0.25, -0.2) is 0 Å². The number of rotatable bonds is 2. The largest absolute Gasteiger partial charge is 0.358 e. The van der Waals surface area contributed by atoms with Gasteiger partial charge in [-0.3, -0.25) is 0 Å². The summed E-state index contributed by atoms with van der Waals surface area (Å²) in [5.41, 5.74) is 1.53. The molecule has 1 heterocycles. The molecule has 4 heteroatoms. The number of benzene rings is 1. The van der Waals surface area contributed by atoms with Crippen LogP contribution in [-0.2, 0) is 0 Å². The topological polar surface area (TPSA) is 73.6 Å². The maximum Gasteiger partial charge on any atom is 0.193 e. The molecule has 0 saturated carbocycles. The number of hydrogen-bond donors (Lipinski definition) is 0. The van der Waals surface area contributed by atoms with E-state index in [4.69, 9.17) is 15.0 Å². The van der Waals surface area contributed by atoms with E-state index in [1.54, 1.807) is 6.07 Å². The van der Waals surface area contributed by atoms with Gasteiger partial charge in [0.05, 0.1) is 12.1 Å². The third kappa shape index (κ3) is 1.77. The number of nitrogens with zero attached hydrogens (tertiary/aromatic N) is 3. The molecule has 4 nitrogen and oxygen atoms in total. The third-order valence-corrected chi connectivity index (χ3v) is 2.14. The molecule has 76 valence electrons. The second-order valence-electron chi connectivity index (χ2n) is 3.17. The van der Waals surface area contributed by atoms with Gasteiger partial charge >= 0.3 is 0 Å². The van der Waals surface area contributed by atoms with Crippen LogP contribution in [0.15, 0.2) is 40.9 Å². The fraction of sp³-hybridized carbons (Fsp3) is 0.0833. The molecule has 0 N–H and O–H groups in total. The Morgan fingerprint density at radius 1 is 1.12 bits per heavy atom. The average Bonchev–Trinajstić information content (AvgIpc) is 2.81. The Labute approximate surface area is 92.3 Å². The zero-order valence-electron chi connectivity index (χ0n) is 8.29. The summed E-state index contributed by atoms with van der Waals surface area (Å²) in [5, 5.41) is 21.2. The van der Waals surface area contributed by atoms with Crippen LogP contribution in [0.2, 0.25) is 0 Å². The zero-order chi connectivity index (χ0) is 11.4. The summed E-state index contributed by atoms with van der Waals surface area (Å²) in [5.74, 6) is -0.617. The highest BCUT2D eigenvalue weighted by atomic mass is 16.5. The average molecular weight is 209 g/mol. The lowest BCUT2D eigenvalue weighted by atomic mass is 10.1. The summed E-state index contributed by atoms with van der Waals surface area (Å²) in [6, 6.07) is 14.7. The molecule has 1 aromatic carbocycles. The molecule has 0 bridgehead atoms. The minimum atomic E-state index is -0.898. The van der Waals surface area contributed by atoms with Gasteiger partial charge in [-0.15, -0.1) is 0 Å². The Kier molecular flexibility index (Phi) is 2.67. The fourth-order valence-electron chi connectivity index (χ4n) is 1.33. The highest BCUT2D eigenvalue weighted by molar-refractivity contribution is 5.58. The van der Waals surface area contributed by atoms with Crippen molar-refractivity contribution in [3.05, 3.63) is 42.2 Å². The van der Waals surface area contributed by atoms with Crippen molar-refractivity contribution in [1.82, 2.24) is 5.16 Å². The van der Waals surface area contributed by atoms with Crippen LogP contribution >= 0.6 is 0 Å². The van der Waals surface area contributed by atoms with E-state index in [2.05, 4.69) is 5.16 Å². The monoisotopic (exact) mass is 209 g/mol. The van der Waals surface area contributed by atoms with Crippen LogP contribution in [-0.4, -0.2) is 5.16 Å². The first-order valence-electron chi connectivity index (χ1n) is 4.66. The highest BCUT2D eigenvalue weighted by Crippen LogP contribution is 2.22. The van der Waals surface area contributed by atoms with Crippen LogP contribution in [0, 0.1) is 22.7 Å². The molecule has 0 spiro atoms. The van der Waals surface area contributed by atoms with E-state index in [1.165, 1.54) is 0 Å². The van der Waals surface area contributed by atoms with Crippen molar-refractivity contribution in [1.29, 1.82) is 10.5 Å². The van der Waals surface area contributed by atoms with E-state index in [0.717, 1.165) is 5.56 Å². The molecule has 0 aliphatic carbocycles. The Bertz CT molecular complexity index is 546. The minimum absolute atomic E-state index is 0.281. The normalized spacial score (nSPS) is 9.69. The van der Waals surface area contributed by atoms with Gasteiger partial charge in [0.15, 0.2) is 11.7 Å². The van der Waals surface area contributed by atoms with E-state index in [-0.39, 0.29) is 5.76 Å². The molecule has 0 atom stereocenters. The predicted molar refractivity (Wildman–Crippen MR) is 55.9 cm³/mol. The summed E-state index contributed by atoms with van der Waals surface area (Å²) in [7, 11) is 0. The maximum absolute atomic E-state index is 8.70. The lowest BCUT2D eigenvalue weighted by molar-refractivity contribution is 0.387. The van der Waals surface area contributed by atoms with Crippen molar-refractivity contribution >= 4 is 0 Å². The van der Waals surface area contributed by atoms with Crippen LogP contribution in [0.25, 0.3) is 11.3 Å². The van der Waals surface area contributed by atoms with Gasteiger partial charge in [-0.2, -0.15) is 10.5 Å². The summed E-state index contributed by atoms with van der Waals surface area (Å²) in [6.07, 6.45) is 0. The molecule has 0 unspecified atom stereocenters. The first-order chi connectivity index (χ1) is 7.85. The van der Waals surface area contributed by atoms with Crippen molar-refractivity contribution in [3.63, 3.8) is 0 Å². The zero-order valence-corrected chi connectivity index (χ0v) is 8.29. The lowest BCUT2D eigenvalue weighted by Gasteiger charge is -1.91. The molecule has 1 aromatic heterocycles. The smallest absolute Gasteiger partial charge is 0.193 e. The van der Waals surface area contributed by atoms with Gasteiger partial charge in [0.25, 0.3) is 0 Å². The van der Waals surface area contributed by atoms with Crippen LogP contribution in [0.1, 0.15) is 11.7 Å². The van der Waals surface area contributed by atoms with Gasteiger partial charge < -0.3 is 4.52 Å². The van der Waals surface area contributed by atoms with E-state index in [1.807, 2.05) is 42.5 Å². The molecule has 2 aromatic rings. The first-order valence-corrected chi connectivity index (χ1v) is 4.66. The number of hydrogen-bond acceptors (Lipinski definition) is 4. The molecule has 16 heavy (non-hydrogen) atoms. The van der Waals surface area contributed by atoms with Crippen molar-refractivity contribution in [2.24, 2.45) is 0 Å². The molecular formula is C12H7N3O. The van der Waals surface area contributed by atoms with Crippen molar-refractivity contribution in [2.75, 3.05) is 0 Å². The van der Waals surface area contributed by atoms with Crippen LogP contribution in [0.5, 0.6) is 0 Å². The Hall–Kier alpha value is -2.59. The van der Waals surface area contributed by atoms with E-state index >= 15 is 0 Å². The minimum Gasteiger partial charge on any atom is -0.358 e. The van der Waals surface area contributed by atoms with Crippen LogP contribution in [0.3, 0.4) is 0 Å². The number of aromatic nitrogens is 1. The van der Waals surface area contributed by atoms with Gasteiger partial charge in [0.1, 0.15) is 5.69 Å². The molecule has 2 rings (SSSR count). The molecule has 0 saturated heterocycles. The van der Waals surface area contributed by atoms with Crippen LogP contribution < -0.4 is 0 Å². The molecule has 0 radical (unpaired) electrons. The maximum atomic E-state index is 8.70. The van der Waals surface area contributed by atoms with Gasteiger partial charge in [-0.05, 0) is 0 Å². The summed E-state index contributed by atoms with van der Waals surface area (Å²) < 4.78 is 4.97. The standard InChI is InChI=1S/C12H7N3O/c13-7-10(8-14)12-6-11(15-16-12)9-4-2-1-3-5-9/h1-6,10H. The summed E-state index contributed by atoms with van der Waals surface area (Å²) in [4.78, 5) is 0. The SMILES string of the molecule is N#CC(C#N)c1cc(-c2ccccc2)no1. The fourth-order valence-corrected chi connectivity index (χ4v) is 1.33. The molecular weight excluding hydrogens is 202 g/mol. The molecule has 0 fully saturated rings. The van der Waals surface area contributed by atoms with Gasteiger partial charge in [-0.1, -0.05) is 35.5 Å².